The standard InChI is InChI=1S/C32H22N4O4/c1-18(37)33-21-13-11-19(12-14-21)17-26(35-32(40)20-7-3-2-4-8-20)31-34-25-16-15-24-27(28(25)36-31)30(39)23-10-6-5-9-22(23)29(24)38/h2-17H,1H3,(H,33,37)(H,34,36)(H,35,40)/b26-17-. The van der Waals surface area contributed by atoms with Crippen molar-refractivity contribution in [1.82, 2.24) is 15.3 Å². The van der Waals surface area contributed by atoms with Gasteiger partial charge in [-0.2, -0.15) is 0 Å². The Kier molecular flexibility index (Phi) is 6.12. The van der Waals surface area contributed by atoms with E-state index in [2.05, 4.69) is 15.6 Å². The monoisotopic (exact) mass is 526 g/mol. The van der Waals surface area contributed by atoms with Crippen LogP contribution >= 0.6 is 0 Å². The summed E-state index contributed by atoms with van der Waals surface area (Å²) in [6.45, 7) is 1.43. The number of aromatic amines is 1. The number of ketones is 2. The molecule has 8 heteroatoms. The quantitative estimate of drug-likeness (QED) is 0.284. The second-order valence-corrected chi connectivity index (χ2v) is 9.35. The number of imidazole rings is 1. The number of anilines is 1. The minimum Gasteiger partial charge on any atom is -0.337 e. The largest absolute Gasteiger partial charge is 0.337 e. The van der Waals surface area contributed by atoms with Gasteiger partial charge in [0.2, 0.25) is 5.91 Å². The maximum Gasteiger partial charge on any atom is 0.255 e. The number of H-pyrrole nitrogens is 1. The summed E-state index contributed by atoms with van der Waals surface area (Å²) in [5.41, 5.74) is 4.33. The van der Waals surface area contributed by atoms with E-state index >= 15 is 0 Å². The van der Waals surface area contributed by atoms with Crippen LogP contribution in [0, 0.1) is 0 Å². The van der Waals surface area contributed by atoms with Crippen LogP contribution < -0.4 is 10.6 Å². The molecule has 0 aliphatic heterocycles. The van der Waals surface area contributed by atoms with Crippen molar-refractivity contribution < 1.29 is 19.2 Å². The molecule has 0 saturated heterocycles. The Morgan fingerprint density at radius 3 is 2.15 bits per heavy atom. The molecular formula is C32H22N4O4. The summed E-state index contributed by atoms with van der Waals surface area (Å²) < 4.78 is 0. The normalized spacial score (nSPS) is 12.6. The van der Waals surface area contributed by atoms with Gasteiger partial charge in [-0.25, -0.2) is 4.98 Å². The fourth-order valence-corrected chi connectivity index (χ4v) is 4.76. The zero-order valence-electron chi connectivity index (χ0n) is 21.3. The molecule has 1 aliphatic rings. The van der Waals surface area contributed by atoms with Crippen molar-refractivity contribution in [2.45, 2.75) is 6.92 Å². The minimum atomic E-state index is -0.343. The van der Waals surface area contributed by atoms with E-state index in [1.165, 1.54) is 6.92 Å². The third-order valence-corrected chi connectivity index (χ3v) is 6.62. The third-order valence-electron chi connectivity index (χ3n) is 6.62. The maximum atomic E-state index is 13.5. The second kappa shape index (κ2) is 9.92. The van der Waals surface area contributed by atoms with E-state index in [0.29, 0.717) is 50.5 Å². The van der Waals surface area contributed by atoms with Gasteiger partial charge in [-0.15, -0.1) is 0 Å². The Bertz CT molecular complexity index is 1870. The van der Waals surface area contributed by atoms with Gasteiger partial charge in [0.15, 0.2) is 17.4 Å². The lowest BCUT2D eigenvalue weighted by atomic mass is 9.83. The number of nitrogens with one attached hydrogen (secondary N) is 3. The number of hydrogen-bond donors (Lipinski definition) is 3. The zero-order chi connectivity index (χ0) is 27.8. The Morgan fingerprint density at radius 1 is 0.775 bits per heavy atom. The average molecular weight is 527 g/mol. The summed E-state index contributed by atoms with van der Waals surface area (Å²) in [4.78, 5) is 59.1. The van der Waals surface area contributed by atoms with E-state index in [4.69, 9.17) is 4.98 Å². The lowest BCUT2D eigenvalue weighted by Gasteiger charge is -2.17. The summed E-state index contributed by atoms with van der Waals surface area (Å²) in [5.74, 6) is -0.715. The lowest BCUT2D eigenvalue weighted by molar-refractivity contribution is -0.114. The number of rotatable bonds is 5. The molecule has 0 bridgehead atoms. The molecule has 194 valence electrons. The molecule has 0 fully saturated rings. The van der Waals surface area contributed by atoms with Gasteiger partial charge in [-0.3, -0.25) is 19.2 Å². The van der Waals surface area contributed by atoms with Crippen molar-refractivity contribution in [1.29, 1.82) is 0 Å². The van der Waals surface area contributed by atoms with Crippen molar-refractivity contribution in [2.75, 3.05) is 5.32 Å². The molecule has 0 saturated carbocycles. The van der Waals surface area contributed by atoms with E-state index in [1.54, 1.807) is 91.0 Å². The number of carbonyl (C=O) groups excluding carboxylic acids is 4. The molecule has 1 aromatic heterocycles. The highest BCUT2D eigenvalue weighted by Gasteiger charge is 2.32. The van der Waals surface area contributed by atoms with Crippen LogP contribution in [0.15, 0.2) is 91.0 Å². The molecule has 2 amide bonds. The van der Waals surface area contributed by atoms with Gasteiger partial charge in [-0.05, 0) is 48.0 Å². The van der Waals surface area contributed by atoms with Gasteiger partial charge in [-0.1, -0.05) is 54.6 Å². The van der Waals surface area contributed by atoms with Crippen molar-refractivity contribution in [3.8, 4) is 0 Å². The maximum absolute atomic E-state index is 13.5. The van der Waals surface area contributed by atoms with Gasteiger partial charge in [0.25, 0.3) is 5.91 Å². The average Bonchev–Trinajstić information content (AvgIpc) is 3.41. The highest BCUT2D eigenvalue weighted by Crippen LogP contribution is 2.32. The Hall–Kier alpha value is -5.63. The molecule has 6 rings (SSSR count). The predicted octanol–water partition coefficient (Wildman–Crippen LogP) is 5.22. The topological polar surface area (TPSA) is 121 Å². The van der Waals surface area contributed by atoms with E-state index < -0.39 is 0 Å². The summed E-state index contributed by atoms with van der Waals surface area (Å²) in [6.07, 6.45) is 1.74. The first-order chi connectivity index (χ1) is 19.4. The van der Waals surface area contributed by atoms with Gasteiger partial charge >= 0.3 is 0 Å². The number of carbonyl (C=O) groups is 4. The zero-order valence-corrected chi connectivity index (χ0v) is 21.3. The highest BCUT2D eigenvalue weighted by atomic mass is 16.2. The first kappa shape index (κ1) is 24.7. The number of fused-ring (bicyclic) bond motifs is 4. The molecule has 0 spiro atoms. The van der Waals surface area contributed by atoms with Crippen molar-refractivity contribution >= 4 is 51.9 Å². The van der Waals surface area contributed by atoms with E-state index in [9.17, 15) is 19.2 Å². The van der Waals surface area contributed by atoms with Crippen molar-refractivity contribution in [2.24, 2.45) is 0 Å². The molecule has 0 atom stereocenters. The Balaban J connectivity index is 1.45. The summed E-state index contributed by atoms with van der Waals surface area (Å²) >= 11 is 0. The van der Waals surface area contributed by atoms with Gasteiger partial charge in [0, 0.05) is 34.9 Å². The van der Waals surface area contributed by atoms with Crippen LogP contribution in [0.25, 0.3) is 22.8 Å². The van der Waals surface area contributed by atoms with Gasteiger partial charge in [0.05, 0.1) is 16.8 Å². The predicted molar refractivity (Wildman–Crippen MR) is 152 cm³/mol. The number of nitrogens with zero attached hydrogens (tertiary/aromatic N) is 1. The van der Waals surface area contributed by atoms with E-state index in [-0.39, 0.29) is 28.9 Å². The van der Waals surface area contributed by atoms with Crippen molar-refractivity contribution in [3.05, 3.63) is 130 Å². The second-order valence-electron chi connectivity index (χ2n) is 9.35. The summed E-state index contributed by atoms with van der Waals surface area (Å²) in [5, 5.41) is 5.65. The molecular weight excluding hydrogens is 504 g/mol. The molecule has 0 radical (unpaired) electrons. The van der Waals surface area contributed by atoms with E-state index in [0.717, 1.165) is 5.56 Å². The first-order valence-corrected chi connectivity index (χ1v) is 12.6. The van der Waals surface area contributed by atoms with Gasteiger partial charge in [0.1, 0.15) is 5.52 Å². The molecule has 8 nitrogen and oxygen atoms in total. The first-order valence-electron chi connectivity index (χ1n) is 12.6. The molecule has 4 aromatic carbocycles. The van der Waals surface area contributed by atoms with Crippen LogP contribution in [-0.2, 0) is 4.79 Å². The van der Waals surface area contributed by atoms with E-state index in [1.807, 2.05) is 6.07 Å². The molecule has 5 aromatic rings. The van der Waals surface area contributed by atoms with Crippen LogP contribution in [0.4, 0.5) is 5.69 Å². The van der Waals surface area contributed by atoms with Crippen LogP contribution in [-0.4, -0.2) is 33.3 Å². The number of amides is 2. The van der Waals surface area contributed by atoms with Crippen LogP contribution in [0.5, 0.6) is 0 Å². The van der Waals surface area contributed by atoms with Crippen LogP contribution in [0.3, 0.4) is 0 Å². The lowest BCUT2D eigenvalue weighted by Crippen LogP contribution is -2.22. The SMILES string of the molecule is CC(=O)Nc1ccc(/C=C(\NC(=O)c2ccccc2)c2nc3c4c(ccc3[nH]2)C(=O)c2ccccc2C4=O)cc1. The molecule has 0 unspecified atom stereocenters. The molecule has 3 N–H and O–H groups in total. The smallest absolute Gasteiger partial charge is 0.255 e. The summed E-state index contributed by atoms with van der Waals surface area (Å²) in [6, 6.07) is 25.9. The fourth-order valence-electron chi connectivity index (χ4n) is 4.76. The van der Waals surface area contributed by atoms with Crippen LogP contribution in [0.2, 0.25) is 0 Å². The van der Waals surface area contributed by atoms with Gasteiger partial charge < -0.3 is 15.6 Å². The third kappa shape index (κ3) is 4.48. The Morgan fingerprint density at radius 2 is 1.45 bits per heavy atom. The molecule has 40 heavy (non-hydrogen) atoms. The molecule has 1 aliphatic carbocycles. The minimum absolute atomic E-state index is 0.180. The number of hydrogen-bond acceptors (Lipinski definition) is 5. The number of benzene rings is 4. The fraction of sp³-hybridized carbons (Fsp3) is 0.0312. The molecule has 1 heterocycles. The summed E-state index contributed by atoms with van der Waals surface area (Å²) in [7, 11) is 0. The van der Waals surface area contributed by atoms with Crippen molar-refractivity contribution in [3.63, 3.8) is 0 Å². The van der Waals surface area contributed by atoms with Crippen LogP contribution in [0.1, 0.15) is 60.5 Å². The Labute approximate surface area is 228 Å². The number of aromatic nitrogens is 2. The highest BCUT2D eigenvalue weighted by molar-refractivity contribution is 6.31.